The molecule has 0 saturated heterocycles. The second kappa shape index (κ2) is 5.74. The molecule has 18 heavy (non-hydrogen) atoms. The summed E-state index contributed by atoms with van der Waals surface area (Å²) in [7, 11) is 0. The molecule has 7 heteroatoms. The minimum Gasteiger partial charge on any atom is -0.461 e. The molecule has 1 N–H and O–H groups in total. The van der Waals surface area contributed by atoms with Gasteiger partial charge in [-0.3, -0.25) is 0 Å². The normalized spacial score (nSPS) is 13.1. The van der Waals surface area contributed by atoms with Gasteiger partial charge in [-0.1, -0.05) is 0 Å². The van der Waals surface area contributed by atoms with Crippen LogP contribution in [0, 0.1) is 0 Å². The molecule has 2 heterocycles. The van der Waals surface area contributed by atoms with Crippen LogP contribution in [0.25, 0.3) is 11.6 Å². The minimum absolute atomic E-state index is 0.0852. The smallest absolute Gasteiger partial charge is 0.240 e. The van der Waals surface area contributed by atoms with E-state index in [0.717, 1.165) is 0 Å². The number of nitrogens with zero attached hydrogens (tertiary/aromatic N) is 4. The van der Waals surface area contributed by atoms with Crippen molar-refractivity contribution >= 4 is 0 Å². The number of hydrogen-bond donors (Lipinski definition) is 1. The molecule has 0 aliphatic rings. The molecule has 0 fully saturated rings. The third kappa shape index (κ3) is 3.38. The maximum absolute atomic E-state index is 9.71. The number of aliphatic hydroxyl groups is 1. The summed E-state index contributed by atoms with van der Waals surface area (Å²) in [4.78, 5) is 1.33. The van der Waals surface area contributed by atoms with Crippen LogP contribution < -0.4 is 0 Å². The molecule has 2 rings (SSSR count). The zero-order valence-electron chi connectivity index (χ0n) is 10.4. The Labute approximate surface area is 104 Å². The predicted molar refractivity (Wildman–Crippen MR) is 62.6 cm³/mol. The van der Waals surface area contributed by atoms with Gasteiger partial charge in [0.05, 0.1) is 31.6 Å². The number of ether oxygens (including phenoxy) is 1. The van der Waals surface area contributed by atoms with Crippen molar-refractivity contribution in [2.75, 3.05) is 6.61 Å². The summed E-state index contributed by atoms with van der Waals surface area (Å²) in [5, 5.41) is 21.5. The Morgan fingerprint density at radius 2 is 2.33 bits per heavy atom. The molecule has 0 saturated carbocycles. The van der Waals surface area contributed by atoms with Crippen LogP contribution in [0.1, 0.15) is 13.8 Å². The molecule has 0 aliphatic heterocycles. The molecule has 0 radical (unpaired) electrons. The Kier molecular flexibility index (Phi) is 4.06. The molecular formula is C11H16N4O3. The van der Waals surface area contributed by atoms with E-state index in [1.807, 2.05) is 13.8 Å². The molecule has 7 nitrogen and oxygen atoms in total. The van der Waals surface area contributed by atoms with Gasteiger partial charge in [0.25, 0.3) is 0 Å². The number of furan rings is 1. The highest BCUT2D eigenvalue weighted by Crippen LogP contribution is 2.12. The Balaban J connectivity index is 1.90. The van der Waals surface area contributed by atoms with E-state index < -0.39 is 6.10 Å². The van der Waals surface area contributed by atoms with Crippen molar-refractivity contribution in [3.63, 3.8) is 0 Å². The van der Waals surface area contributed by atoms with Gasteiger partial charge in [0.2, 0.25) is 5.82 Å². The molecule has 0 bridgehead atoms. The average molecular weight is 252 g/mol. The zero-order valence-corrected chi connectivity index (χ0v) is 10.4. The van der Waals surface area contributed by atoms with Gasteiger partial charge in [0.15, 0.2) is 5.76 Å². The van der Waals surface area contributed by atoms with Crippen molar-refractivity contribution in [1.29, 1.82) is 0 Å². The van der Waals surface area contributed by atoms with Crippen LogP contribution in [-0.4, -0.2) is 44.1 Å². The summed E-state index contributed by atoms with van der Waals surface area (Å²) in [6.45, 7) is 4.31. The molecule has 1 atom stereocenters. The van der Waals surface area contributed by atoms with E-state index in [9.17, 15) is 5.11 Å². The summed E-state index contributed by atoms with van der Waals surface area (Å²) >= 11 is 0. The van der Waals surface area contributed by atoms with E-state index in [2.05, 4.69) is 15.4 Å². The number of aliphatic hydroxyl groups excluding tert-OH is 1. The van der Waals surface area contributed by atoms with Gasteiger partial charge in [-0.2, -0.15) is 4.80 Å². The standard InChI is InChI=1S/C11H16N4O3/c1-8(2)18-7-9(16)6-15-13-11(12-14-15)10-4-3-5-17-10/h3-5,8-9,16H,6-7H2,1-2H3/t9-/m1/s1. The summed E-state index contributed by atoms with van der Waals surface area (Å²) < 4.78 is 10.4. The first-order valence-corrected chi connectivity index (χ1v) is 5.76. The van der Waals surface area contributed by atoms with Gasteiger partial charge in [-0.15, -0.1) is 10.2 Å². The molecule has 2 aromatic heterocycles. The Hall–Kier alpha value is -1.73. The minimum atomic E-state index is -0.661. The SMILES string of the molecule is CC(C)OC[C@H](O)Cn1nnc(-c2ccco2)n1. The lowest BCUT2D eigenvalue weighted by Gasteiger charge is -2.12. The van der Waals surface area contributed by atoms with Crippen LogP contribution in [-0.2, 0) is 11.3 Å². The number of aromatic nitrogens is 4. The lowest BCUT2D eigenvalue weighted by Crippen LogP contribution is -2.25. The molecule has 0 aliphatic carbocycles. The van der Waals surface area contributed by atoms with Gasteiger partial charge < -0.3 is 14.3 Å². The number of rotatable bonds is 6. The van der Waals surface area contributed by atoms with Crippen molar-refractivity contribution in [1.82, 2.24) is 20.2 Å². The number of hydrogen-bond acceptors (Lipinski definition) is 6. The van der Waals surface area contributed by atoms with Gasteiger partial charge in [-0.05, 0) is 31.2 Å². The largest absolute Gasteiger partial charge is 0.461 e. The van der Waals surface area contributed by atoms with Gasteiger partial charge in [0, 0.05) is 0 Å². The highest BCUT2D eigenvalue weighted by Gasteiger charge is 2.12. The van der Waals surface area contributed by atoms with Crippen molar-refractivity contribution in [3.8, 4) is 11.6 Å². The Morgan fingerprint density at radius 1 is 1.50 bits per heavy atom. The summed E-state index contributed by atoms with van der Waals surface area (Å²) in [6, 6.07) is 3.50. The molecular weight excluding hydrogens is 236 g/mol. The van der Waals surface area contributed by atoms with Gasteiger partial charge >= 0.3 is 0 Å². The highest BCUT2D eigenvalue weighted by molar-refractivity contribution is 5.43. The highest BCUT2D eigenvalue weighted by atomic mass is 16.5. The van der Waals surface area contributed by atoms with Crippen LogP contribution in [0.3, 0.4) is 0 Å². The van der Waals surface area contributed by atoms with Crippen LogP contribution in [0.5, 0.6) is 0 Å². The second-order valence-electron chi connectivity index (χ2n) is 4.18. The van der Waals surface area contributed by atoms with Crippen LogP contribution in [0.15, 0.2) is 22.8 Å². The van der Waals surface area contributed by atoms with Crippen molar-refractivity contribution in [3.05, 3.63) is 18.4 Å². The molecule has 0 aromatic carbocycles. The molecule has 0 spiro atoms. The van der Waals surface area contributed by atoms with E-state index in [0.29, 0.717) is 11.6 Å². The molecule has 0 unspecified atom stereocenters. The van der Waals surface area contributed by atoms with Crippen LogP contribution in [0.2, 0.25) is 0 Å². The fourth-order valence-electron chi connectivity index (χ4n) is 1.37. The first-order chi connectivity index (χ1) is 8.65. The van der Waals surface area contributed by atoms with Gasteiger partial charge in [0.1, 0.15) is 0 Å². The average Bonchev–Trinajstić information content (AvgIpc) is 2.95. The summed E-state index contributed by atoms with van der Waals surface area (Å²) in [5.74, 6) is 0.950. The second-order valence-corrected chi connectivity index (χ2v) is 4.18. The van der Waals surface area contributed by atoms with E-state index in [-0.39, 0.29) is 19.3 Å². The zero-order chi connectivity index (χ0) is 13.0. The third-order valence-corrected chi connectivity index (χ3v) is 2.19. The van der Waals surface area contributed by atoms with Crippen LogP contribution in [0.4, 0.5) is 0 Å². The molecule has 0 amide bonds. The molecule has 98 valence electrons. The monoisotopic (exact) mass is 252 g/mol. The molecule has 2 aromatic rings. The Morgan fingerprint density at radius 3 is 3.00 bits per heavy atom. The first-order valence-electron chi connectivity index (χ1n) is 5.76. The van der Waals surface area contributed by atoms with Crippen molar-refractivity contribution in [2.24, 2.45) is 0 Å². The topological polar surface area (TPSA) is 86.2 Å². The predicted octanol–water partition coefficient (Wildman–Crippen LogP) is 0.719. The maximum atomic E-state index is 9.71. The van der Waals surface area contributed by atoms with Crippen molar-refractivity contribution in [2.45, 2.75) is 32.6 Å². The fraction of sp³-hybridized carbons (Fsp3) is 0.545. The number of tetrazole rings is 1. The van der Waals surface area contributed by atoms with E-state index in [4.69, 9.17) is 9.15 Å². The van der Waals surface area contributed by atoms with E-state index in [1.54, 1.807) is 18.4 Å². The van der Waals surface area contributed by atoms with Crippen molar-refractivity contribution < 1.29 is 14.3 Å². The van der Waals surface area contributed by atoms with Gasteiger partial charge in [-0.25, -0.2) is 0 Å². The first kappa shape index (κ1) is 12.7. The van der Waals surface area contributed by atoms with E-state index in [1.165, 1.54) is 4.80 Å². The fourth-order valence-corrected chi connectivity index (χ4v) is 1.37. The van der Waals surface area contributed by atoms with Crippen LogP contribution >= 0.6 is 0 Å². The van der Waals surface area contributed by atoms with E-state index >= 15 is 0 Å². The third-order valence-electron chi connectivity index (χ3n) is 2.19. The lowest BCUT2D eigenvalue weighted by atomic mass is 10.4. The summed E-state index contributed by atoms with van der Waals surface area (Å²) in [5.41, 5.74) is 0. The quantitative estimate of drug-likeness (QED) is 0.815. The maximum Gasteiger partial charge on any atom is 0.240 e. The lowest BCUT2D eigenvalue weighted by molar-refractivity contribution is -0.00379. The summed E-state index contributed by atoms with van der Waals surface area (Å²) in [6.07, 6.45) is 0.967. The Bertz CT molecular complexity index is 466.